The molecule has 0 spiro atoms. The predicted molar refractivity (Wildman–Crippen MR) is 79.3 cm³/mol. The van der Waals surface area contributed by atoms with Gasteiger partial charge in [-0.15, -0.1) is 0 Å². The lowest BCUT2D eigenvalue weighted by molar-refractivity contribution is -0.420. The summed E-state index contributed by atoms with van der Waals surface area (Å²) in [5.41, 5.74) is -2.36. The number of alkyl halides is 3. The summed E-state index contributed by atoms with van der Waals surface area (Å²) < 4.78 is 43.2. The Morgan fingerprint density at radius 1 is 1.36 bits per heavy atom. The van der Waals surface area contributed by atoms with Crippen LogP contribution in [0.25, 0.3) is 0 Å². The number of rotatable bonds is 4. The predicted octanol–water partition coefficient (Wildman–Crippen LogP) is 3.24. The quantitative estimate of drug-likeness (QED) is 0.376. The van der Waals surface area contributed by atoms with Crippen LogP contribution < -0.4 is 4.74 Å². The van der Waals surface area contributed by atoms with E-state index in [9.17, 15) is 28.1 Å². The van der Waals surface area contributed by atoms with Gasteiger partial charge in [0.05, 0.1) is 15.5 Å². The zero-order chi connectivity index (χ0) is 18.8. The highest BCUT2D eigenvalue weighted by atomic mass is 35.5. The molecule has 1 aromatic carbocycles. The molecule has 0 bridgehead atoms. The number of hydrogen-bond donors (Lipinski definition) is 1. The molecule has 1 aliphatic rings. The van der Waals surface area contributed by atoms with Gasteiger partial charge in [0, 0.05) is 6.08 Å². The maximum atomic E-state index is 12.6. The first-order valence-corrected chi connectivity index (χ1v) is 6.84. The zero-order valence-corrected chi connectivity index (χ0v) is 12.8. The summed E-state index contributed by atoms with van der Waals surface area (Å²) in [4.78, 5) is 21.3. The molecule has 0 saturated heterocycles. The second-order valence-corrected chi connectivity index (χ2v) is 5.12. The third kappa shape index (κ3) is 3.79. The third-order valence-corrected chi connectivity index (χ3v) is 3.50. The number of carbonyl (C=O) groups is 1. The molecule has 0 fully saturated rings. The molecular weight excluding hydrogens is 369 g/mol. The van der Waals surface area contributed by atoms with E-state index in [1.165, 1.54) is 0 Å². The highest BCUT2D eigenvalue weighted by molar-refractivity contribution is 6.32. The van der Waals surface area contributed by atoms with Crippen LogP contribution in [0.5, 0.6) is 5.75 Å². The minimum atomic E-state index is -4.62. The summed E-state index contributed by atoms with van der Waals surface area (Å²) in [6.45, 7) is 0. The van der Waals surface area contributed by atoms with Crippen molar-refractivity contribution in [2.45, 2.75) is 12.3 Å². The van der Waals surface area contributed by atoms with Gasteiger partial charge in [-0.3, -0.25) is 14.9 Å². The van der Waals surface area contributed by atoms with Gasteiger partial charge in [-0.05, 0) is 24.3 Å². The fourth-order valence-electron chi connectivity index (χ4n) is 2.04. The summed E-state index contributed by atoms with van der Waals surface area (Å²) in [5, 5.41) is 22.4. The smallest absolute Gasteiger partial charge is 0.416 e. The Kier molecular flexibility index (Phi) is 5.12. The Bertz CT molecular complexity index is 817. The first-order chi connectivity index (χ1) is 11.7. The summed E-state index contributed by atoms with van der Waals surface area (Å²) in [5.74, 6) is -0.279. The van der Waals surface area contributed by atoms with Crippen molar-refractivity contribution in [3.05, 3.63) is 62.3 Å². The first kappa shape index (κ1) is 18.5. The first-order valence-electron chi connectivity index (χ1n) is 6.46. The zero-order valence-electron chi connectivity index (χ0n) is 12.0. The fourth-order valence-corrected chi connectivity index (χ4v) is 2.26. The van der Waals surface area contributed by atoms with Gasteiger partial charge in [0.25, 0.3) is 5.70 Å². The molecule has 1 N–H and O–H groups in total. The van der Waals surface area contributed by atoms with Crippen LogP contribution in [0.4, 0.5) is 13.2 Å². The number of nitro groups is 1. The normalized spacial score (nSPS) is 19.2. The minimum Gasteiger partial charge on any atom is -0.477 e. The molecule has 0 heterocycles. The van der Waals surface area contributed by atoms with E-state index in [-0.39, 0.29) is 17.7 Å². The van der Waals surface area contributed by atoms with Gasteiger partial charge in [0.1, 0.15) is 17.0 Å². The third-order valence-electron chi connectivity index (χ3n) is 3.20. The van der Waals surface area contributed by atoms with Crippen molar-refractivity contribution >= 4 is 23.6 Å². The van der Waals surface area contributed by atoms with Crippen molar-refractivity contribution in [1.29, 1.82) is 0 Å². The Balaban J connectivity index is 2.45. The van der Waals surface area contributed by atoms with Crippen molar-refractivity contribution in [1.82, 2.24) is 0 Å². The number of carbonyl (C=O) groups excluding carboxylic acids is 1. The highest BCUT2D eigenvalue weighted by Gasteiger charge is 2.35. The van der Waals surface area contributed by atoms with Crippen molar-refractivity contribution < 1.29 is 32.8 Å². The highest BCUT2D eigenvalue weighted by Crippen LogP contribution is 2.36. The lowest BCUT2D eigenvalue weighted by Crippen LogP contribution is -2.33. The van der Waals surface area contributed by atoms with E-state index in [0.717, 1.165) is 18.2 Å². The molecule has 0 saturated carbocycles. The molecule has 0 radical (unpaired) electrons. The molecule has 1 atom stereocenters. The van der Waals surface area contributed by atoms with Crippen molar-refractivity contribution in [2.75, 3.05) is 0 Å². The number of oxime groups is 1. The van der Waals surface area contributed by atoms with Crippen LogP contribution >= 0.6 is 11.6 Å². The molecule has 0 aromatic heterocycles. The van der Waals surface area contributed by atoms with Crippen LogP contribution in [0.2, 0.25) is 5.02 Å². The summed E-state index contributed by atoms with van der Waals surface area (Å²) in [6.07, 6.45) is -4.03. The number of aldehydes is 1. The average Bonchev–Trinajstić information content (AvgIpc) is 2.54. The van der Waals surface area contributed by atoms with Crippen LogP contribution in [-0.4, -0.2) is 28.2 Å². The van der Waals surface area contributed by atoms with Crippen molar-refractivity contribution in [3.63, 3.8) is 0 Å². The fraction of sp³-hybridized carbons (Fsp3) is 0.143. The van der Waals surface area contributed by atoms with E-state index < -0.39 is 39.1 Å². The molecule has 2 rings (SSSR count). The Morgan fingerprint density at radius 3 is 2.52 bits per heavy atom. The molecule has 132 valence electrons. The molecule has 7 nitrogen and oxygen atoms in total. The van der Waals surface area contributed by atoms with Crippen molar-refractivity contribution in [2.24, 2.45) is 5.16 Å². The summed E-state index contributed by atoms with van der Waals surface area (Å²) in [7, 11) is 0. The molecule has 1 aliphatic carbocycles. The van der Waals surface area contributed by atoms with E-state index in [1.807, 2.05) is 0 Å². The van der Waals surface area contributed by atoms with Gasteiger partial charge >= 0.3 is 6.18 Å². The summed E-state index contributed by atoms with van der Waals surface area (Å²) in [6, 6.07) is 2.19. The van der Waals surface area contributed by atoms with Gasteiger partial charge in [0.2, 0.25) is 0 Å². The van der Waals surface area contributed by atoms with Gasteiger partial charge in [-0.2, -0.15) is 13.2 Å². The topological polar surface area (TPSA) is 102 Å². The maximum absolute atomic E-state index is 12.6. The summed E-state index contributed by atoms with van der Waals surface area (Å²) >= 11 is 5.75. The molecule has 1 aromatic rings. The standard InChI is InChI=1S/C14H8ClF3N2O5/c15-9-5-7(14(16,17)18)1-4-12(9)25-13-8(6-21)11(20(23)24)3-2-10(13)19-22/h1-6,13,22H. The van der Waals surface area contributed by atoms with E-state index in [1.54, 1.807) is 0 Å². The van der Waals surface area contributed by atoms with E-state index in [2.05, 4.69) is 5.16 Å². The van der Waals surface area contributed by atoms with Gasteiger partial charge in [-0.1, -0.05) is 16.8 Å². The van der Waals surface area contributed by atoms with Gasteiger partial charge in [0.15, 0.2) is 12.4 Å². The number of nitrogens with zero attached hydrogens (tertiary/aromatic N) is 2. The van der Waals surface area contributed by atoms with E-state index in [4.69, 9.17) is 21.5 Å². The number of allylic oxidation sites excluding steroid dienone is 1. The van der Waals surface area contributed by atoms with Crippen LogP contribution in [0.15, 0.2) is 46.8 Å². The molecule has 11 heteroatoms. The van der Waals surface area contributed by atoms with E-state index >= 15 is 0 Å². The van der Waals surface area contributed by atoms with Crippen molar-refractivity contribution in [3.8, 4) is 5.75 Å². The van der Waals surface area contributed by atoms with Crippen LogP contribution in [0.3, 0.4) is 0 Å². The number of benzene rings is 1. The largest absolute Gasteiger partial charge is 0.477 e. The average molecular weight is 377 g/mol. The Morgan fingerprint density at radius 2 is 2.04 bits per heavy atom. The number of halogens is 4. The molecule has 25 heavy (non-hydrogen) atoms. The molecule has 0 amide bonds. The number of ether oxygens (including phenoxy) is 1. The van der Waals surface area contributed by atoms with E-state index in [0.29, 0.717) is 12.1 Å². The Labute approximate surface area is 142 Å². The maximum Gasteiger partial charge on any atom is 0.416 e. The number of hydrogen-bond acceptors (Lipinski definition) is 6. The second-order valence-electron chi connectivity index (χ2n) is 4.71. The minimum absolute atomic E-state index is 0.134. The van der Waals surface area contributed by atoms with Gasteiger partial charge < -0.3 is 9.94 Å². The van der Waals surface area contributed by atoms with Crippen LogP contribution in [-0.2, 0) is 11.0 Å². The molecule has 0 aliphatic heterocycles. The SMILES string of the molecule is O=CC1=C([N+](=O)[O-])C=CC(=NO)C1Oc1ccc(C(F)(F)F)cc1Cl. The second kappa shape index (κ2) is 6.93. The van der Waals surface area contributed by atoms with Crippen LogP contribution in [0, 0.1) is 10.1 Å². The lowest BCUT2D eigenvalue weighted by Gasteiger charge is -2.21. The van der Waals surface area contributed by atoms with Gasteiger partial charge in [-0.25, -0.2) is 0 Å². The molecular formula is C14H8ClF3N2O5. The Hall–Kier alpha value is -2.88. The lowest BCUT2D eigenvalue weighted by atomic mass is 9.98. The van der Waals surface area contributed by atoms with Crippen LogP contribution in [0.1, 0.15) is 5.56 Å². The molecule has 1 unspecified atom stereocenters. The monoisotopic (exact) mass is 376 g/mol.